The molecule has 1 aliphatic heterocycles. The predicted molar refractivity (Wildman–Crippen MR) is 76.6 cm³/mol. The molecule has 0 bridgehead atoms. The number of aromatic nitrogens is 4. The van der Waals surface area contributed by atoms with Crippen molar-refractivity contribution in [3.05, 3.63) is 41.7 Å². The van der Waals surface area contributed by atoms with E-state index >= 15 is 0 Å². The van der Waals surface area contributed by atoms with Crippen molar-refractivity contribution in [1.82, 2.24) is 30.0 Å². The van der Waals surface area contributed by atoms with Crippen LogP contribution in [-0.2, 0) is 4.79 Å². The molecule has 0 radical (unpaired) electrons. The number of amides is 1. The van der Waals surface area contributed by atoms with Gasteiger partial charge in [-0.1, -0.05) is 35.1 Å². The molecule has 1 aliphatic rings. The minimum absolute atomic E-state index is 0.232. The number of alkyl halides is 2. The summed E-state index contributed by atoms with van der Waals surface area (Å²) in [6.45, 7) is -0.436. The molecule has 1 atom stereocenters. The number of benzene rings is 1. The van der Waals surface area contributed by atoms with Gasteiger partial charge in [-0.15, -0.1) is 10.2 Å². The molecule has 0 aliphatic carbocycles. The number of nitrogens with zero attached hydrogens (tertiary/aromatic N) is 6. The van der Waals surface area contributed by atoms with Crippen LogP contribution in [-0.4, -0.2) is 62.6 Å². The summed E-state index contributed by atoms with van der Waals surface area (Å²) in [6, 6.07) is 9.08. The average Bonchev–Trinajstić information content (AvgIpc) is 3.07. The SMILES string of the molecule is O=CN1CCN(C(c2ccccc2)c2nnn(C(F)F)n2)CC1. The molecule has 1 unspecified atom stereocenters. The van der Waals surface area contributed by atoms with E-state index < -0.39 is 6.55 Å². The highest BCUT2D eigenvalue weighted by atomic mass is 19.3. The molecule has 2 aromatic rings. The molecule has 0 N–H and O–H groups in total. The van der Waals surface area contributed by atoms with Gasteiger partial charge >= 0.3 is 6.55 Å². The van der Waals surface area contributed by atoms with E-state index in [1.54, 1.807) is 4.90 Å². The highest BCUT2D eigenvalue weighted by Gasteiger charge is 2.30. The van der Waals surface area contributed by atoms with Crippen molar-refractivity contribution in [2.75, 3.05) is 26.2 Å². The van der Waals surface area contributed by atoms with Crippen LogP contribution >= 0.6 is 0 Å². The van der Waals surface area contributed by atoms with Crippen LogP contribution in [0.4, 0.5) is 8.78 Å². The first-order valence-corrected chi connectivity index (χ1v) is 7.25. The van der Waals surface area contributed by atoms with Crippen molar-refractivity contribution in [1.29, 1.82) is 0 Å². The molecular formula is C14H16F2N6O. The summed E-state index contributed by atoms with van der Waals surface area (Å²) in [4.78, 5) is 14.9. The van der Waals surface area contributed by atoms with Crippen LogP contribution in [0, 0.1) is 0 Å². The summed E-state index contributed by atoms with van der Waals surface area (Å²) in [5, 5.41) is 11.0. The molecule has 1 fully saturated rings. The normalized spacial score (nSPS) is 17.4. The third kappa shape index (κ3) is 3.34. The molecular weight excluding hydrogens is 306 g/mol. The van der Waals surface area contributed by atoms with E-state index in [9.17, 15) is 13.6 Å². The highest BCUT2D eigenvalue weighted by Crippen LogP contribution is 2.27. The molecule has 0 saturated carbocycles. The molecule has 2 heterocycles. The van der Waals surface area contributed by atoms with E-state index in [-0.39, 0.29) is 11.9 Å². The molecule has 1 amide bonds. The first kappa shape index (κ1) is 15.5. The number of carbonyl (C=O) groups is 1. The number of rotatable bonds is 5. The fourth-order valence-corrected chi connectivity index (χ4v) is 2.69. The molecule has 7 nitrogen and oxygen atoms in total. The maximum Gasteiger partial charge on any atom is 0.350 e. The molecule has 3 rings (SSSR count). The second kappa shape index (κ2) is 6.78. The summed E-state index contributed by atoms with van der Waals surface area (Å²) in [7, 11) is 0. The van der Waals surface area contributed by atoms with Crippen LogP contribution in [0.15, 0.2) is 30.3 Å². The number of carbonyl (C=O) groups excluding carboxylic acids is 1. The lowest BCUT2D eigenvalue weighted by atomic mass is 10.0. The summed E-state index contributed by atoms with van der Waals surface area (Å²) in [5.74, 6) is 0.232. The van der Waals surface area contributed by atoms with Gasteiger partial charge in [0.1, 0.15) is 0 Å². The fraction of sp³-hybridized carbons (Fsp3) is 0.429. The van der Waals surface area contributed by atoms with E-state index in [1.807, 2.05) is 30.3 Å². The Bertz CT molecular complexity index is 642. The van der Waals surface area contributed by atoms with E-state index in [0.717, 1.165) is 12.0 Å². The van der Waals surface area contributed by atoms with Crippen molar-refractivity contribution < 1.29 is 13.6 Å². The van der Waals surface area contributed by atoms with Crippen molar-refractivity contribution in [2.24, 2.45) is 0 Å². The zero-order valence-electron chi connectivity index (χ0n) is 12.3. The lowest BCUT2D eigenvalue weighted by Gasteiger charge is -2.36. The average molecular weight is 322 g/mol. The smallest absolute Gasteiger partial charge is 0.343 e. The number of halogens is 2. The lowest BCUT2D eigenvalue weighted by molar-refractivity contribution is -0.119. The van der Waals surface area contributed by atoms with E-state index in [2.05, 4.69) is 20.3 Å². The van der Waals surface area contributed by atoms with Gasteiger partial charge in [0.15, 0.2) is 5.82 Å². The van der Waals surface area contributed by atoms with Crippen LogP contribution in [0.1, 0.15) is 24.0 Å². The van der Waals surface area contributed by atoms with Crippen molar-refractivity contribution in [3.63, 3.8) is 0 Å². The van der Waals surface area contributed by atoms with Gasteiger partial charge in [0.25, 0.3) is 0 Å². The first-order valence-electron chi connectivity index (χ1n) is 7.25. The van der Waals surface area contributed by atoms with Gasteiger partial charge in [-0.2, -0.15) is 8.78 Å². The van der Waals surface area contributed by atoms with Gasteiger partial charge in [-0.05, 0) is 10.8 Å². The lowest BCUT2D eigenvalue weighted by Crippen LogP contribution is -2.47. The standard InChI is InChI=1S/C14H16F2N6O/c15-14(16)22-18-13(17-19-22)12(11-4-2-1-3-5-11)21-8-6-20(10-23)7-9-21/h1-5,10,12,14H,6-9H2. The Morgan fingerprint density at radius 2 is 1.78 bits per heavy atom. The van der Waals surface area contributed by atoms with Crippen LogP contribution in [0.3, 0.4) is 0 Å². The molecule has 1 aromatic heterocycles. The topological polar surface area (TPSA) is 67.2 Å². The van der Waals surface area contributed by atoms with Gasteiger partial charge in [0.2, 0.25) is 6.41 Å². The molecule has 23 heavy (non-hydrogen) atoms. The molecule has 122 valence electrons. The second-order valence-corrected chi connectivity index (χ2v) is 5.24. The zero-order chi connectivity index (χ0) is 16.2. The third-order valence-corrected chi connectivity index (χ3v) is 3.84. The van der Waals surface area contributed by atoms with E-state index in [1.165, 1.54) is 0 Å². The van der Waals surface area contributed by atoms with Crippen LogP contribution in [0.2, 0.25) is 0 Å². The van der Waals surface area contributed by atoms with E-state index in [4.69, 9.17) is 0 Å². The minimum atomic E-state index is -2.82. The molecule has 1 saturated heterocycles. The largest absolute Gasteiger partial charge is 0.350 e. The fourth-order valence-electron chi connectivity index (χ4n) is 2.69. The number of tetrazole rings is 1. The van der Waals surface area contributed by atoms with Gasteiger partial charge < -0.3 is 4.90 Å². The zero-order valence-corrected chi connectivity index (χ0v) is 12.3. The third-order valence-electron chi connectivity index (χ3n) is 3.84. The molecule has 0 spiro atoms. The Labute approximate surface area is 131 Å². The van der Waals surface area contributed by atoms with Gasteiger partial charge in [0.05, 0.1) is 6.04 Å². The Morgan fingerprint density at radius 1 is 1.09 bits per heavy atom. The molecule has 1 aromatic carbocycles. The van der Waals surface area contributed by atoms with Crippen LogP contribution in [0.25, 0.3) is 0 Å². The quantitative estimate of drug-likeness (QED) is 0.766. The Balaban J connectivity index is 1.89. The first-order chi connectivity index (χ1) is 11.2. The van der Waals surface area contributed by atoms with E-state index in [0.29, 0.717) is 31.0 Å². The van der Waals surface area contributed by atoms with Crippen molar-refractivity contribution in [3.8, 4) is 0 Å². The molecule has 9 heteroatoms. The summed E-state index contributed by atoms with van der Waals surface area (Å²) >= 11 is 0. The maximum absolute atomic E-state index is 12.7. The minimum Gasteiger partial charge on any atom is -0.343 e. The summed E-state index contributed by atoms with van der Waals surface area (Å²) in [5.41, 5.74) is 0.904. The van der Waals surface area contributed by atoms with Crippen LogP contribution in [0.5, 0.6) is 0 Å². The van der Waals surface area contributed by atoms with Gasteiger partial charge in [0, 0.05) is 26.2 Å². The monoisotopic (exact) mass is 322 g/mol. The van der Waals surface area contributed by atoms with Crippen molar-refractivity contribution in [2.45, 2.75) is 12.6 Å². The number of piperazine rings is 1. The summed E-state index contributed by atoms with van der Waals surface area (Å²) < 4.78 is 25.4. The predicted octanol–water partition coefficient (Wildman–Crippen LogP) is 0.932. The summed E-state index contributed by atoms with van der Waals surface area (Å²) in [6.07, 6.45) is 0.820. The van der Waals surface area contributed by atoms with Gasteiger partial charge in [-0.25, -0.2) is 0 Å². The van der Waals surface area contributed by atoms with Crippen LogP contribution < -0.4 is 0 Å². The Morgan fingerprint density at radius 3 is 2.35 bits per heavy atom. The van der Waals surface area contributed by atoms with Crippen molar-refractivity contribution >= 4 is 6.41 Å². The number of hydrogen-bond donors (Lipinski definition) is 0. The maximum atomic E-state index is 12.7. The Hall–Kier alpha value is -2.42. The number of hydrogen-bond acceptors (Lipinski definition) is 5. The second-order valence-electron chi connectivity index (χ2n) is 5.24. The van der Waals surface area contributed by atoms with Gasteiger partial charge in [-0.3, -0.25) is 9.69 Å². The Kier molecular flexibility index (Phi) is 4.56. The highest BCUT2D eigenvalue weighted by molar-refractivity contribution is 5.47.